The van der Waals surface area contributed by atoms with Gasteiger partial charge in [0.2, 0.25) is 0 Å². The lowest BCUT2D eigenvalue weighted by molar-refractivity contribution is 0.186. The van der Waals surface area contributed by atoms with Gasteiger partial charge < -0.3 is 10.1 Å². The molecule has 1 aliphatic rings. The Morgan fingerprint density at radius 3 is 2.80 bits per heavy atom. The quantitative estimate of drug-likeness (QED) is 0.761. The second-order valence-corrected chi connectivity index (χ2v) is 6.24. The van der Waals surface area contributed by atoms with Crippen molar-refractivity contribution in [3.8, 4) is 5.75 Å². The summed E-state index contributed by atoms with van der Waals surface area (Å²) in [4.78, 5) is 0. The lowest BCUT2D eigenvalue weighted by Crippen LogP contribution is -2.34. The molecule has 0 aromatic heterocycles. The third-order valence-electron chi connectivity index (χ3n) is 4.84. The summed E-state index contributed by atoms with van der Waals surface area (Å²) < 4.78 is 5.86. The minimum absolute atomic E-state index is 0.413. The summed E-state index contributed by atoms with van der Waals surface area (Å²) in [6.07, 6.45) is 6.40. The van der Waals surface area contributed by atoms with Crippen molar-refractivity contribution in [2.75, 3.05) is 20.2 Å². The Morgan fingerprint density at radius 2 is 2.10 bits per heavy atom. The normalized spacial score (nSPS) is 20.2. The monoisotopic (exact) mass is 275 g/mol. The van der Waals surface area contributed by atoms with Crippen molar-refractivity contribution in [2.24, 2.45) is 5.41 Å². The van der Waals surface area contributed by atoms with Crippen LogP contribution in [0.2, 0.25) is 0 Å². The average Bonchev–Trinajstić information content (AvgIpc) is 2.88. The topological polar surface area (TPSA) is 21.3 Å². The zero-order valence-electron chi connectivity index (χ0n) is 13.2. The maximum atomic E-state index is 5.86. The van der Waals surface area contributed by atoms with Crippen LogP contribution in [0, 0.1) is 5.41 Å². The molecule has 1 N–H and O–H groups in total. The largest absolute Gasteiger partial charge is 0.493 e. The number of para-hydroxylation sites is 1. The minimum atomic E-state index is 0.413. The Balaban J connectivity index is 2.12. The zero-order chi connectivity index (χ0) is 14.4. The third-order valence-corrected chi connectivity index (χ3v) is 4.84. The number of benzene rings is 1. The Kier molecular flexibility index (Phi) is 5.47. The van der Waals surface area contributed by atoms with E-state index in [1.54, 1.807) is 0 Å². The van der Waals surface area contributed by atoms with Gasteiger partial charge >= 0.3 is 0 Å². The molecule has 0 fully saturated rings. The highest BCUT2D eigenvalue weighted by Crippen LogP contribution is 2.44. The molecule has 1 aliphatic heterocycles. The first kappa shape index (κ1) is 15.4. The lowest BCUT2D eigenvalue weighted by Gasteiger charge is -2.35. The molecule has 2 atom stereocenters. The second kappa shape index (κ2) is 7.12. The van der Waals surface area contributed by atoms with Crippen molar-refractivity contribution < 1.29 is 4.74 Å². The first-order chi connectivity index (χ1) is 9.74. The first-order valence-electron chi connectivity index (χ1n) is 8.11. The van der Waals surface area contributed by atoms with Crippen molar-refractivity contribution in [2.45, 2.75) is 51.9 Å². The average molecular weight is 275 g/mol. The maximum Gasteiger partial charge on any atom is 0.122 e. The number of hydrogen-bond acceptors (Lipinski definition) is 2. The van der Waals surface area contributed by atoms with Crippen LogP contribution >= 0.6 is 0 Å². The highest BCUT2D eigenvalue weighted by Gasteiger charge is 2.34. The van der Waals surface area contributed by atoms with Gasteiger partial charge in [0.1, 0.15) is 5.75 Å². The molecule has 0 amide bonds. The summed E-state index contributed by atoms with van der Waals surface area (Å²) in [6, 6.07) is 8.55. The van der Waals surface area contributed by atoms with Gasteiger partial charge in [-0.15, -0.1) is 0 Å². The molecule has 0 saturated heterocycles. The predicted octanol–water partition coefficient (Wildman–Crippen LogP) is 4.36. The Bertz CT molecular complexity index is 418. The van der Waals surface area contributed by atoms with Gasteiger partial charge in [-0.3, -0.25) is 0 Å². The van der Waals surface area contributed by atoms with Crippen LogP contribution in [0.25, 0.3) is 0 Å². The number of nitrogens with one attached hydrogen (secondary N) is 1. The third kappa shape index (κ3) is 3.35. The molecular weight excluding hydrogens is 246 g/mol. The van der Waals surface area contributed by atoms with Crippen molar-refractivity contribution >= 4 is 0 Å². The molecule has 0 radical (unpaired) electrons. The molecule has 0 bridgehead atoms. The number of fused-ring (bicyclic) bond motifs is 1. The van der Waals surface area contributed by atoms with Gasteiger partial charge in [0.05, 0.1) is 6.61 Å². The highest BCUT2D eigenvalue weighted by molar-refractivity contribution is 5.39. The van der Waals surface area contributed by atoms with Crippen LogP contribution in [-0.4, -0.2) is 20.2 Å². The van der Waals surface area contributed by atoms with Crippen molar-refractivity contribution in [1.29, 1.82) is 0 Å². The fourth-order valence-electron chi connectivity index (χ4n) is 3.56. The van der Waals surface area contributed by atoms with E-state index in [1.165, 1.54) is 37.7 Å². The molecule has 112 valence electrons. The Hall–Kier alpha value is -1.02. The molecule has 1 heterocycles. The fraction of sp³-hybridized carbons (Fsp3) is 0.667. The van der Waals surface area contributed by atoms with Crippen LogP contribution in [0.15, 0.2) is 24.3 Å². The van der Waals surface area contributed by atoms with E-state index in [4.69, 9.17) is 4.74 Å². The summed E-state index contributed by atoms with van der Waals surface area (Å²) in [5.41, 5.74) is 1.83. The van der Waals surface area contributed by atoms with Crippen LogP contribution in [-0.2, 0) is 0 Å². The molecule has 2 unspecified atom stereocenters. The summed E-state index contributed by atoms with van der Waals surface area (Å²) >= 11 is 0. The Morgan fingerprint density at radius 1 is 1.30 bits per heavy atom. The molecular formula is C18H29NO. The predicted molar refractivity (Wildman–Crippen MR) is 85.5 cm³/mol. The molecule has 1 aromatic carbocycles. The molecule has 0 spiro atoms. The lowest BCUT2D eigenvalue weighted by atomic mass is 9.72. The van der Waals surface area contributed by atoms with Crippen molar-refractivity contribution in [3.05, 3.63) is 29.8 Å². The number of unbranched alkanes of at least 4 members (excludes halogenated alkanes) is 1. The molecule has 20 heavy (non-hydrogen) atoms. The van der Waals surface area contributed by atoms with E-state index in [0.717, 1.165) is 18.9 Å². The van der Waals surface area contributed by atoms with Gasteiger partial charge in [0, 0.05) is 18.0 Å². The van der Waals surface area contributed by atoms with Crippen LogP contribution in [0.4, 0.5) is 0 Å². The number of hydrogen-bond donors (Lipinski definition) is 1. The van der Waals surface area contributed by atoms with Gasteiger partial charge in [0.15, 0.2) is 0 Å². The van der Waals surface area contributed by atoms with E-state index in [-0.39, 0.29) is 0 Å². The number of rotatable bonds is 8. The molecule has 0 saturated carbocycles. The van der Waals surface area contributed by atoms with E-state index >= 15 is 0 Å². The van der Waals surface area contributed by atoms with E-state index in [2.05, 4.69) is 50.5 Å². The molecule has 2 heteroatoms. The van der Waals surface area contributed by atoms with Crippen LogP contribution in [0.1, 0.15) is 57.4 Å². The smallest absolute Gasteiger partial charge is 0.122 e. The fourth-order valence-corrected chi connectivity index (χ4v) is 3.56. The highest BCUT2D eigenvalue weighted by atomic mass is 16.5. The van der Waals surface area contributed by atoms with E-state index < -0.39 is 0 Å². The van der Waals surface area contributed by atoms with Gasteiger partial charge in [0.25, 0.3) is 0 Å². The molecule has 2 nitrogen and oxygen atoms in total. The molecule has 2 rings (SSSR count). The second-order valence-electron chi connectivity index (χ2n) is 6.24. The SMILES string of the molecule is CCCCC(CC)(CNC)CC1COc2ccccc21. The van der Waals surface area contributed by atoms with Gasteiger partial charge in [-0.2, -0.15) is 0 Å². The van der Waals surface area contributed by atoms with Crippen LogP contribution in [0.3, 0.4) is 0 Å². The van der Waals surface area contributed by atoms with Crippen LogP contribution in [0.5, 0.6) is 5.75 Å². The Labute approximate surface area is 123 Å². The van der Waals surface area contributed by atoms with E-state index in [1.807, 2.05) is 0 Å². The summed E-state index contributed by atoms with van der Waals surface area (Å²) in [6.45, 7) is 6.60. The van der Waals surface area contributed by atoms with Crippen molar-refractivity contribution in [1.82, 2.24) is 5.32 Å². The first-order valence-corrected chi connectivity index (χ1v) is 8.11. The zero-order valence-corrected chi connectivity index (χ0v) is 13.2. The van der Waals surface area contributed by atoms with E-state index in [9.17, 15) is 0 Å². The maximum absolute atomic E-state index is 5.86. The summed E-state index contributed by atoms with van der Waals surface area (Å²) in [5, 5.41) is 3.43. The van der Waals surface area contributed by atoms with Gasteiger partial charge in [-0.25, -0.2) is 0 Å². The summed E-state index contributed by atoms with van der Waals surface area (Å²) in [7, 11) is 2.08. The van der Waals surface area contributed by atoms with E-state index in [0.29, 0.717) is 11.3 Å². The molecule has 0 aliphatic carbocycles. The standard InChI is InChI=1S/C18H29NO/c1-4-6-11-18(5-2,14-19-3)12-15-13-20-17-10-8-7-9-16(15)17/h7-10,15,19H,4-6,11-14H2,1-3H3. The van der Waals surface area contributed by atoms with Gasteiger partial charge in [-0.1, -0.05) is 44.9 Å². The number of ether oxygens (including phenoxy) is 1. The summed E-state index contributed by atoms with van der Waals surface area (Å²) in [5.74, 6) is 1.67. The van der Waals surface area contributed by atoms with Crippen LogP contribution < -0.4 is 10.1 Å². The minimum Gasteiger partial charge on any atom is -0.493 e. The van der Waals surface area contributed by atoms with Gasteiger partial charge in [-0.05, 0) is 37.8 Å². The van der Waals surface area contributed by atoms with Crippen molar-refractivity contribution in [3.63, 3.8) is 0 Å². The molecule has 1 aromatic rings.